The van der Waals surface area contributed by atoms with Gasteiger partial charge >= 0.3 is 0 Å². The van der Waals surface area contributed by atoms with Crippen LogP contribution in [0.25, 0.3) is 0 Å². The Bertz CT molecular complexity index is 540. The maximum atomic E-state index is 12.8. The van der Waals surface area contributed by atoms with Crippen molar-refractivity contribution in [2.45, 2.75) is 13.2 Å². The van der Waals surface area contributed by atoms with Crippen molar-refractivity contribution < 1.29 is 13.9 Å². The molecule has 0 heterocycles. The van der Waals surface area contributed by atoms with Crippen LogP contribution in [0.4, 0.5) is 4.39 Å². The zero-order valence-electron chi connectivity index (χ0n) is 10.7. The van der Waals surface area contributed by atoms with E-state index in [4.69, 9.17) is 15.2 Å². The third-order valence-electron chi connectivity index (χ3n) is 2.80. The van der Waals surface area contributed by atoms with Crippen molar-refractivity contribution in [3.63, 3.8) is 0 Å². The summed E-state index contributed by atoms with van der Waals surface area (Å²) in [5, 5.41) is 0. The van der Waals surface area contributed by atoms with Crippen molar-refractivity contribution in [3.05, 3.63) is 59.4 Å². The predicted octanol–water partition coefficient (Wildman–Crippen LogP) is 2.87. The van der Waals surface area contributed by atoms with E-state index in [9.17, 15) is 4.39 Å². The van der Waals surface area contributed by atoms with Crippen molar-refractivity contribution in [2.24, 2.45) is 5.73 Å². The lowest BCUT2D eigenvalue weighted by molar-refractivity contribution is 0.302. The lowest BCUT2D eigenvalue weighted by atomic mass is 10.2. The minimum Gasteiger partial charge on any atom is -0.497 e. The van der Waals surface area contributed by atoms with Crippen LogP contribution in [0.2, 0.25) is 0 Å². The van der Waals surface area contributed by atoms with Gasteiger partial charge in [0.05, 0.1) is 7.11 Å². The van der Waals surface area contributed by atoms with E-state index in [0.717, 1.165) is 16.9 Å². The number of rotatable bonds is 5. The highest BCUT2D eigenvalue weighted by Gasteiger charge is 2.05. The van der Waals surface area contributed by atoms with Gasteiger partial charge in [0.25, 0.3) is 0 Å². The second-order valence-electron chi connectivity index (χ2n) is 4.09. The fourth-order valence-electron chi connectivity index (χ4n) is 1.72. The molecular weight excluding hydrogens is 245 g/mol. The Balaban J connectivity index is 2.08. The Kier molecular flexibility index (Phi) is 4.36. The van der Waals surface area contributed by atoms with Crippen LogP contribution >= 0.6 is 0 Å². The number of nitrogens with two attached hydrogens (primary N) is 1. The summed E-state index contributed by atoms with van der Waals surface area (Å²) in [6, 6.07) is 11.7. The molecule has 2 aromatic rings. The molecule has 2 aromatic carbocycles. The summed E-state index contributed by atoms with van der Waals surface area (Å²) in [5.74, 6) is 1.21. The smallest absolute Gasteiger partial charge is 0.124 e. The third kappa shape index (κ3) is 3.45. The molecule has 3 nitrogen and oxygen atoms in total. The van der Waals surface area contributed by atoms with Gasteiger partial charge in [0.1, 0.15) is 23.9 Å². The van der Waals surface area contributed by atoms with Gasteiger partial charge in [-0.15, -0.1) is 0 Å². The largest absolute Gasteiger partial charge is 0.497 e. The zero-order valence-corrected chi connectivity index (χ0v) is 10.7. The molecule has 0 aliphatic carbocycles. The molecule has 2 rings (SSSR count). The van der Waals surface area contributed by atoms with Crippen LogP contribution in [0.3, 0.4) is 0 Å². The Morgan fingerprint density at radius 2 is 1.84 bits per heavy atom. The van der Waals surface area contributed by atoms with Gasteiger partial charge in [0.15, 0.2) is 0 Å². The van der Waals surface area contributed by atoms with Crippen LogP contribution in [-0.4, -0.2) is 7.11 Å². The highest BCUT2D eigenvalue weighted by molar-refractivity contribution is 5.40. The van der Waals surface area contributed by atoms with Gasteiger partial charge in [-0.1, -0.05) is 12.1 Å². The predicted molar refractivity (Wildman–Crippen MR) is 71.6 cm³/mol. The lowest BCUT2D eigenvalue weighted by Crippen LogP contribution is -2.03. The Labute approximate surface area is 111 Å². The zero-order chi connectivity index (χ0) is 13.7. The molecule has 0 aliphatic rings. The molecule has 0 spiro atoms. The molecule has 0 aromatic heterocycles. The molecule has 2 N–H and O–H groups in total. The first-order valence-electron chi connectivity index (χ1n) is 5.97. The number of benzene rings is 2. The Morgan fingerprint density at radius 1 is 1.11 bits per heavy atom. The average molecular weight is 261 g/mol. The fourth-order valence-corrected chi connectivity index (χ4v) is 1.72. The van der Waals surface area contributed by atoms with E-state index >= 15 is 0 Å². The van der Waals surface area contributed by atoms with Crippen molar-refractivity contribution in [1.82, 2.24) is 0 Å². The van der Waals surface area contributed by atoms with Gasteiger partial charge in [-0.05, 0) is 35.9 Å². The van der Waals surface area contributed by atoms with Gasteiger partial charge in [-0.2, -0.15) is 0 Å². The van der Waals surface area contributed by atoms with Crippen molar-refractivity contribution in [2.75, 3.05) is 7.11 Å². The standard InChI is InChI=1S/C15H16FNO2/c1-18-14-6-7-15(12(8-14)9-17)19-10-11-2-4-13(16)5-3-11/h2-8H,9-10,17H2,1H3. The number of hydrogen-bond acceptors (Lipinski definition) is 3. The SMILES string of the molecule is COc1ccc(OCc2ccc(F)cc2)c(CN)c1. The summed E-state index contributed by atoms with van der Waals surface area (Å²) in [4.78, 5) is 0. The van der Waals surface area contributed by atoms with E-state index in [0.29, 0.717) is 18.9 Å². The summed E-state index contributed by atoms with van der Waals surface area (Å²) in [7, 11) is 1.61. The number of halogens is 1. The minimum atomic E-state index is -0.254. The molecular formula is C15H16FNO2. The quantitative estimate of drug-likeness (QED) is 0.900. The summed E-state index contributed by atoms with van der Waals surface area (Å²) in [5.41, 5.74) is 7.46. The van der Waals surface area contributed by atoms with Crippen LogP contribution in [0.15, 0.2) is 42.5 Å². The summed E-state index contributed by atoms with van der Waals surface area (Å²) >= 11 is 0. The van der Waals surface area contributed by atoms with Crippen LogP contribution in [0, 0.1) is 5.82 Å². The Hall–Kier alpha value is -2.07. The molecule has 0 bridgehead atoms. The molecule has 0 unspecified atom stereocenters. The molecule has 0 aliphatic heterocycles. The van der Waals surface area contributed by atoms with Gasteiger partial charge in [0, 0.05) is 12.1 Å². The van der Waals surface area contributed by atoms with Crippen molar-refractivity contribution in [1.29, 1.82) is 0 Å². The molecule has 0 amide bonds. The van der Waals surface area contributed by atoms with E-state index in [1.54, 1.807) is 19.2 Å². The van der Waals surface area contributed by atoms with Crippen LogP contribution in [0.5, 0.6) is 11.5 Å². The number of hydrogen-bond donors (Lipinski definition) is 1. The molecule has 19 heavy (non-hydrogen) atoms. The minimum absolute atomic E-state index is 0.254. The third-order valence-corrected chi connectivity index (χ3v) is 2.80. The van der Waals surface area contributed by atoms with Gasteiger partial charge in [0.2, 0.25) is 0 Å². The Morgan fingerprint density at radius 3 is 2.47 bits per heavy atom. The molecule has 100 valence electrons. The van der Waals surface area contributed by atoms with Gasteiger partial charge in [-0.25, -0.2) is 4.39 Å². The fraction of sp³-hybridized carbons (Fsp3) is 0.200. The molecule has 0 saturated heterocycles. The normalized spacial score (nSPS) is 10.3. The summed E-state index contributed by atoms with van der Waals surface area (Å²) in [6.45, 7) is 0.746. The average Bonchev–Trinajstić information content (AvgIpc) is 2.46. The molecule has 0 fully saturated rings. The second-order valence-corrected chi connectivity index (χ2v) is 4.09. The van der Waals surface area contributed by atoms with Crippen molar-refractivity contribution >= 4 is 0 Å². The second kappa shape index (κ2) is 6.20. The first-order chi connectivity index (χ1) is 9.22. The van der Waals surface area contributed by atoms with E-state index in [2.05, 4.69) is 0 Å². The number of ether oxygens (including phenoxy) is 2. The lowest BCUT2D eigenvalue weighted by Gasteiger charge is -2.11. The maximum absolute atomic E-state index is 12.8. The first kappa shape index (κ1) is 13.4. The summed E-state index contributed by atoms with van der Waals surface area (Å²) < 4.78 is 23.6. The van der Waals surface area contributed by atoms with Crippen molar-refractivity contribution in [3.8, 4) is 11.5 Å². The van der Waals surface area contributed by atoms with Crippen LogP contribution in [-0.2, 0) is 13.2 Å². The van der Waals surface area contributed by atoms with Crippen LogP contribution < -0.4 is 15.2 Å². The summed E-state index contributed by atoms with van der Waals surface area (Å²) in [6.07, 6.45) is 0. The maximum Gasteiger partial charge on any atom is 0.124 e. The molecule has 0 saturated carbocycles. The van der Waals surface area contributed by atoms with Crippen LogP contribution in [0.1, 0.15) is 11.1 Å². The van der Waals surface area contributed by atoms with Gasteiger partial charge < -0.3 is 15.2 Å². The highest BCUT2D eigenvalue weighted by Crippen LogP contribution is 2.24. The van der Waals surface area contributed by atoms with E-state index in [1.165, 1.54) is 12.1 Å². The molecule has 0 atom stereocenters. The highest BCUT2D eigenvalue weighted by atomic mass is 19.1. The van der Waals surface area contributed by atoms with Gasteiger partial charge in [-0.3, -0.25) is 0 Å². The topological polar surface area (TPSA) is 44.5 Å². The molecule has 4 heteroatoms. The van der Waals surface area contributed by atoms with E-state index in [-0.39, 0.29) is 5.82 Å². The molecule has 0 radical (unpaired) electrons. The monoisotopic (exact) mass is 261 g/mol. The first-order valence-corrected chi connectivity index (χ1v) is 5.97. The van der Waals surface area contributed by atoms with E-state index < -0.39 is 0 Å². The van der Waals surface area contributed by atoms with E-state index in [1.807, 2.05) is 18.2 Å². The number of methoxy groups -OCH3 is 1.